The van der Waals surface area contributed by atoms with Crippen LogP contribution < -0.4 is 0 Å². The van der Waals surface area contributed by atoms with Gasteiger partial charge >= 0.3 is 0 Å². The highest BCUT2D eigenvalue weighted by Gasteiger charge is 2.47. The molecule has 0 fully saturated rings. The molecule has 0 bridgehead atoms. The average Bonchev–Trinajstić information content (AvgIpc) is 3.10. The SMILES string of the molecule is OC[C@@]1(Cc2ccccc2)N=C(c2ccccc2)O[C@H]1c1ccccc1. The number of hydrogen-bond donors (Lipinski definition) is 1. The zero-order chi connectivity index (χ0) is 17.8. The molecule has 2 atom stereocenters. The first kappa shape index (κ1) is 16.6. The smallest absolute Gasteiger partial charge is 0.217 e. The van der Waals surface area contributed by atoms with Gasteiger partial charge in [0.15, 0.2) is 6.10 Å². The molecule has 0 unspecified atom stereocenters. The molecule has 26 heavy (non-hydrogen) atoms. The molecular weight excluding hydrogens is 322 g/mol. The Hall–Kier alpha value is -2.91. The largest absolute Gasteiger partial charge is 0.467 e. The van der Waals surface area contributed by atoms with Gasteiger partial charge in [-0.05, 0) is 23.3 Å². The first-order valence-corrected chi connectivity index (χ1v) is 8.82. The van der Waals surface area contributed by atoms with Crippen LogP contribution in [0.3, 0.4) is 0 Å². The quantitative estimate of drug-likeness (QED) is 0.755. The maximum atomic E-state index is 10.4. The second-order valence-electron chi connectivity index (χ2n) is 6.62. The zero-order valence-corrected chi connectivity index (χ0v) is 14.5. The zero-order valence-electron chi connectivity index (χ0n) is 14.5. The minimum Gasteiger partial charge on any atom is -0.467 e. The van der Waals surface area contributed by atoms with Crippen molar-refractivity contribution in [3.63, 3.8) is 0 Å². The highest BCUT2D eigenvalue weighted by molar-refractivity contribution is 5.95. The van der Waals surface area contributed by atoms with E-state index in [2.05, 4.69) is 12.1 Å². The van der Waals surface area contributed by atoms with Crippen molar-refractivity contribution in [1.29, 1.82) is 0 Å². The minimum atomic E-state index is -0.742. The van der Waals surface area contributed by atoms with E-state index in [1.54, 1.807) is 0 Å². The van der Waals surface area contributed by atoms with Crippen molar-refractivity contribution in [3.05, 3.63) is 108 Å². The van der Waals surface area contributed by atoms with Gasteiger partial charge < -0.3 is 9.84 Å². The Labute approximate surface area is 153 Å². The lowest BCUT2D eigenvalue weighted by Gasteiger charge is -2.30. The van der Waals surface area contributed by atoms with Gasteiger partial charge in [0.25, 0.3) is 0 Å². The molecule has 0 spiro atoms. The van der Waals surface area contributed by atoms with Crippen LogP contribution in [0.1, 0.15) is 22.8 Å². The highest BCUT2D eigenvalue weighted by atomic mass is 16.5. The van der Waals surface area contributed by atoms with E-state index in [9.17, 15) is 5.11 Å². The van der Waals surface area contributed by atoms with Crippen LogP contribution >= 0.6 is 0 Å². The summed E-state index contributed by atoms with van der Waals surface area (Å²) in [5, 5.41) is 10.4. The molecule has 3 aromatic carbocycles. The lowest BCUT2D eigenvalue weighted by atomic mass is 9.83. The van der Waals surface area contributed by atoms with E-state index in [0.717, 1.165) is 16.7 Å². The van der Waals surface area contributed by atoms with Crippen LogP contribution in [-0.2, 0) is 11.2 Å². The fourth-order valence-corrected chi connectivity index (χ4v) is 3.48. The maximum Gasteiger partial charge on any atom is 0.217 e. The molecule has 0 aliphatic carbocycles. The van der Waals surface area contributed by atoms with E-state index in [0.29, 0.717) is 12.3 Å². The molecule has 0 amide bonds. The summed E-state index contributed by atoms with van der Waals surface area (Å²) in [5.74, 6) is 0.587. The monoisotopic (exact) mass is 343 g/mol. The molecule has 0 saturated carbocycles. The second-order valence-corrected chi connectivity index (χ2v) is 6.62. The van der Waals surface area contributed by atoms with Crippen LogP contribution in [0.15, 0.2) is 96.0 Å². The second kappa shape index (κ2) is 7.14. The summed E-state index contributed by atoms with van der Waals surface area (Å²) in [6.07, 6.45) is 0.282. The van der Waals surface area contributed by atoms with E-state index in [4.69, 9.17) is 9.73 Å². The minimum absolute atomic E-state index is 0.0855. The van der Waals surface area contributed by atoms with Crippen molar-refractivity contribution in [2.24, 2.45) is 4.99 Å². The van der Waals surface area contributed by atoms with E-state index < -0.39 is 5.54 Å². The van der Waals surface area contributed by atoms with Crippen molar-refractivity contribution in [2.45, 2.75) is 18.1 Å². The molecule has 4 rings (SSSR count). The topological polar surface area (TPSA) is 41.8 Å². The molecular formula is C23H21NO2. The van der Waals surface area contributed by atoms with Gasteiger partial charge in [-0.15, -0.1) is 0 Å². The van der Waals surface area contributed by atoms with Crippen LogP contribution in [0.5, 0.6) is 0 Å². The van der Waals surface area contributed by atoms with Gasteiger partial charge in [0.1, 0.15) is 5.54 Å². The van der Waals surface area contributed by atoms with Gasteiger partial charge in [0.05, 0.1) is 6.61 Å². The number of nitrogens with zero attached hydrogens (tertiary/aromatic N) is 1. The van der Waals surface area contributed by atoms with Gasteiger partial charge in [-0.25, -0.2) is 4.99 Å². The molecule has 130 valence electrons. The predicted octanol–water partition coefficient (Wildman–Crippen LogP) is 4.18. The molecule has 1 aliphatic heterocycles. The number of ether oxygens (including phenoxy) is 1. The molecule has 3 heteroatoms. The molecule has 1 heterocycles. The standard InChI is InChI=1S/C23H21NO2/c25-17-23(16-18-10-4-1-5-11-18)21(19-12-6-2-7-13-19)26-22(24-23)20-14-8-3-9-15-20/h1-15,21,25H,16-17H2/t21-,23+/m0/s1. The molecule has 0 radical (unpaired) electrons. The summed E-state index contributed by atoms with van der Waals surface area (Å²) in [6.45, 7) is -0.0855. The highest BCUT2D eigenvalue weighted by Crippen LogP contribution is 2.41. The van der Waals surface area contributed by atoms with Crippen molar-refractivity contribution >= 4 is 5.90 Å². The summed E-state index contributed by atoms with van der Waals surface area (Å²) in [4.78, 5) is 4.91. The fraction of sp³-hybridized carbons (Fsp3) is 0.174. The van der Waals surface area contributed by atoms with Crippen LogP contribution in [0.4, 0.5) is 0 Å². The average molecular weight is 343 g/mol. The van der Waals surface area contributed by atoms with Crippen LogP contribution in [-0.4, -0.2) is 23.2 Å². The normalized spacial score (nSPS) is 21.9. The van der Waals surface area contributed by atoms with Gasteiger partial charge in [-0.1, -0.05) is 78.9 Å². The van der Waals surface area contributed by atoms with Gasteiger partial charge in [0, 0.05) is 12.0 Å². The number of benzene rings is 3. The first-order chi connectivity index (χ1) is 12.8. The van der Waals surface area contributed by atoms with Crippen LogP contribution in [0, 0.1) is 0 Å². The molecule has 1 N–H and O–H groups in total. The van der Waals surface area contributed by atoms with Crippen molar-refractivity contribution in [1.82, 2.24) is 0 Å². The molecule has 3 aromatic rings. The lowest BCUT2D eigenvalue weighted by Crippen LogP contribution is -2.38. The summed E-state index contributed by atoms with van der Waals surface area (Å²) in [7, 11) is 0. The summed E-state index contributed by atoms with van der Waals surface area (Å²) in [6, 6.07) is 30.0. The van der Waals surface area contributed by atoms with E-state index in [1.165, 1.54) is 0 Å². The Bertz CT molecular complexity index is 878. The number of aliphatic hydroxyl groups excluding tert-OH is 1. The Balaban J connectivity index is 1.78. The van der Waals surface area contributed by atoms with Gasteiger partial charge in [-0.2, -0.15) is 0 Å². The molecule has 0 saturated heterocycles. The Morgan fingerprint density at radius 1 is 0.808 bits per heavy atom. The Morgan fingerprint density at radius 3 is 2.00 bits per heavy atom. The molecule has 3 nitrogen and oxygen atoms in total. The van der Waals surface area contributed by atoms with Crippen molar-refractivity contribution < 1.29 is 9.84 Å². The van der Waals surface area contributed by atoms with E-state index in [1.807, 2.05) is 78.9 Å². The third kappa shape index (κ3) is 3.14. The molecule has 1 aliphatic rings. The number of rotatable bonds is 5. The number of hydrogen-bond acceptors (Lipinski definition) is 3. The lowest BCUT2D eigenvalue weighted by molar-refractivity contribution is 0.0843. The van der Waals surface area contributed by atoms with Gasteiger partial charge in [0.2, 0.25) is 5.90 Å². The summed E-state index contributed by atoms with van der Waals surface area (Å²) in [5.41, 5.74) is 2.33. The Morgan fingerprint density at radius 2 is 1.38 bits per heavy atom. The molecule has 0 aromatic heterocycles. The predicted molar refractivity (Wildman–Crippen MR) is 103 cm³/mol. The van der Waals surface area contributed by atoms with Crippen LogP contribution in [0.2, 0.25) is 0 Å². The fourth-order valence-electron chi connectivity index (χ4n) is 3.48. The number of aliphatic hydroxyl groups is 1. The number of aliphatic imine (C=N–C) groups is 1. The van der Waals surface area contributed by atoms with Crippen molar-refractivity contribution in [2.75, 3.05) is 6.61 Å². The van der Waals surface area contributed by atoms with E-state index >= 15 is 0 Å². The summed E-state index contributed by atoms with van der Waals surface area (Å²) < 4.78 is 6.30. The van der Waals surface area contributed by atoms with E-state index in [-0.39, 0.29) is 12.7 Å². The van der Waals surface area contributed by atoms with Crippen LogP contribution in [0.25, 0.3) is 0 Å². The third-order valence-corrected chi connectivity index (χ3v) is 4.79. The maximum absolute atomic E-state index is 10.4. The summed E-state index contributed by atoms with van der Waals surface area (Å²) >= 11 is 0. The van der Waals surface area contributed by atoms with Crippen molar-refractivity contribution in [3.8, 4) is 0 Å². The Kier molecular flexibility index (Phi) is 4.55. The third-order valence-electron chi connectivity index (χ3n) is 4.79. The first-order valence-electron chi connectivity index (χ1n) is 8.82. The van der Waals surface area contributed by atoms with Gasteiger partial charge in [-0.3, -0.25) is 0 Å².